The van der Waals surface area contributed by atoms with Crippen LogP contribution in [0.5, 0.6) is 5.75 Å². The number of fused-ring (bicyclic) bond motifs is 7. The van der Waals surface area contributed by atoms with Crippen LogP contribution in [-0.4, -0.2) is 57.0 Å². The normalized spacial score (nSPS) is 15.8. The van der Waals surface area contributed by atoms with E-state index in [0.717, 1.165) is 70.7 Å². The summed E-state index contributed by atoms with van der Waals surface area (Å²) in [6.07, 6.45) is 1.80. The van der Waals surface area contributed by atoms with Gasteiger partial charge in [0.05, 0.1) is 28.0 Å². The summed E-state index contributed by atoms with van der Waals surface area (Å²) in [4.78, 5) is 26.9. The van der Waals surface area contributed by atoms with Gasteiger partial charge in [-0.05, 0) is 61.8 Å². The largest absolute Gasteiger partial charge is 0.432 e. The molecule has 0 N–H and O–H groups in total. The van der Waals surface area contributed by atoms with Gasteiger partial charge in [-0.25, -0.2) is 9.97 Å². The molecule has 0 bridgehead atoms. The molecule has 1 atom stereocenters. The first kappa shape index (κ1) is 24.5. The van der Waals surface area contributed by atoms with Crippen LogP contribution >= 0.6 is 12.2 Å². The van der Waals surface area contributed by atoms with E-state index in [-0.39, 0.29) is 11.8 Å². The lowest BCUT2D eigenvalue weighted by Crippen LogP contribution is -2.47. The molecule has 0 aliphatic carbocycles. The van der Waals surface area contributed by atoms with Crippen molar-refractivity contribution in [1.29, 1.82) is 0 Å². The van der Waals surface area contributed by atoms with Crippen molar-refractivity contribution >= 4 is 66.9 Å². The van der Waals surface area contributed by atoms with Crippen molar-refractivity contribution in [2.75, 3.05) is 26.2 Å². The van der Waals surface area contributed by atoms with Crippen LogP contribution in [-0.2, 0) is 4.79 Å². The molecule has 1 aliphatic heterocycles. The Morgan fingerprint density at radius 1 is 0.921 bits per heavy atom. The maximum Gasteiger partial charge on any atom is 0.264 e. The number of hydrogen-bond acceptors (Lipinski definition) is 5. The molecule has 7 heteroatoms. The second kappa shape index (κ2) is 10.1. The van der Waals surface area contributed by atoms with E-state index in [0.29, 0.717) is 17.5 Å². The molecule has 5 aromatic rings. The Morgan fingerprint density at radius 3 is 2.16 bits per heavy atom. The van der Waals surface area contributed by atoms with Crippen molar-refractivity contribution in [3.05, 3.63) is 66.7 Å². The third kappa shape index (κ3) is 4.31. The Hall–Kier alpha value is -3.84. The monoisotopic (exact) mass is 522 g/mol. The van der Waals surface area contributed by atoms with Gasteiger partial charge in [0.15, 0.2) is 0 Å². The predicted octanol–water partition coefficient (Wildman–Crippen LogP) is 6.33. The Labute approximate surface area is 227 Å². The average molecular weight is 523 g/mol. The standard InChI is InChI=1S/C31H30N4O2S/c1-3-34(4-2)30(36)20-10-9-17-35(19-20)31(38)37-21-15-16-26-27(18-21)33-29-25-14-8-6-12-23(25)22-11-5-7-13-24(22)28(29)32-26/h5-8,11-16,18,20H,3-4,9-10,17,19H2,1-2H3/t20-/m0/s1. The lowest BCUT2D eigenvalue weighted by atomic mass is 9.97. The van der Waals surface area contributed by atoms with Crippen molar-refractivity contribution in [1.82, 2.24) is 19.8 Å². The van der Waals surface area contributed by atoms with Gasteiger partial charge < -0.3 is 14.5 Å². The zero-order chi connectivity index (χ0) is 26.2. The smallest absolute Gasteiger partial charge is 0.264 e. The van der Waals surface area contributed by atoms with Crippen LogP contribution in [0.15, 0.2) is 66.7 Å². The van der Waals surface area contributed by atoms with Crippen LogP contribution in [0.4, 0.5) is 0 Å². The van der Waals surface area contributed by atoms with Gasteiger partial charge in [0.25, 0.3) is 5.17 Å². The summed E-state index contributed by atoms with van der Waals surface area (Å²) in [6, 6.07) is 22.4. The number of carbonyl (C=O) groups is 1. The Bertz CT molecular complexity index is 1700. The molecule has 1 aromatic heterocycles. The van der Waals surface area contributed by atoms with Crippen molar-refractivity contribution < 1.29 is 9.53 Å². The first-order chi connectivity index (χ1) is 18.6. The number of rotatable bonds is 4. The van der Waals surface area contributed by atoms with Crippen LogP contribution in [0.3, 0.4) is 0 Å². The minimum Gasteiger partial charge on any atom is -0.432 e. The van der Waals surface area contributed by atoms with E-state index >= 15 is 0 Å². The molecule has 38 heavy (non-hydrogen) atoms. The number of thiocarbonyl (C=S) groups is 1. The minimum atomic E-state index is -0.0536. The number of aromatic nitrogens is 2. The second-order valence-electron chi connectivity index (χ2n) is 9.83. The molecule has 2 heterocycles. The van der Waals surface area contributed by atoms with Crippen LogP contribution in [0.1, 0.15) is 26.7 Å². The van der Waals surface area contributed by atoms with E-state index in [1.807, 2.05) is 54.0 Å². The summed E-state index contributed by atoms with van der Waals surface area (Å²) in [6.45, 7) is 6.87. The summed E-state index contributed by atoms with van der Waals surface area (Å²) in [7, 11) is 0. The van der Waals surface area contributed by atoms with Gasteiger partial charge >= 0.3 is 0 Å². The van der Waals surface area contributed by atoms with E-state index in [1.165, 1.54) is 5.39 Å². The number of piperidine rings is 1. The van der Waals surface area contributed by atoms with Crippen molar-refractivity contribution in [2.45, 2.75) is 26.7 Å². The van der Waals surface area contributed by atoms with Gasteiger partial charge in [-0.2, -0.15) is 0 Å². The van der Waals surface area contributed by atoms with E-state index in [4.69, 9.17) is 26.9 Å². The Kier molecular flexibility index (Phi) is 6.54. The molecular formula is C31H30N4O2S. The molecule has 0 saturated carbocycles. The third-order valence-corrected chi connectivity index (χ3v) is 7.94. The highest BCUT2D eigenvalue weighted by atomic mass is 32.1. The molecule has 1 amide bonds. The lowest BCUT2D eigenvalue weighted by molar-refractivity contribution is -0.136. The number of likely N-dealkylation sites (tertiary alicyclic amines) is 1. The first-order valence-electron chi connectivity index (χ1n) is 13.3. The van der Waals surface area contributed by atoms with Crippen LogP contribution in [0.2, 0.25) is 0 Å². The molecule has 6 nitrogen and oxygen atoms in total. The topological polar surface area (TPSA) is 58.6 Å². The molecule has 0 radical (unpaired) electrons. The van der Waals surface area contributed by atoms with Gasteiger partial charge in [-0.15, -0.1) is 0 Å². The van der Waals surface area contributed by atoms with Crippen LogP contribution in [0.25, 0.3) is 43.6 Å². The molecule has 192 valence electrons. The van der Waals surface area contributed by atoms with Gasteiger partial charge in [-0.3, -0.25) is 4.79 Å². The Morgan fingerprint density at radius 2 is 1.53 bits per heavy atom. The zero-order valence-electron chi connectivity index (χ0n) is 21.7. The van der Waals surface area contributed by atoms with Crippen LogP contribution < -0.4 is 4.74 Å². The summed E-state index contributed by atoms with van der Waals surface area (Å²) < 4.78 is 6.14. The quantitative estimate of drug-likeness (QED) is 0.156. The van der Waals surface area contributed by atoms with Crippen molar-refractivity contribution in [3.8, 4) is 5.75 Å². The van der Waals surface area contributed by atoms with E-state index in [2.05, 4.69) is 36.4 Å². The SMILES string of the molecule is CCN(CC)C(=O)[C@H]1CCCN(C(=S)Oc2ccc3nc4c5ccccc5c5ccccc5c4nc3c2)C1. The third-order valence-electron chi connectivity index (χ3n) is 7.60. The maximum atomic E-state index is 12.9. The predicted molar refractivity (Wildman–Crippen MR) is 158 cm³/mol. The fourth-order valence-electron chi connectivity index (χ4n) is 5.63. The zero-order valence-corrected chi connectivity index (χ0v) is 22.5. The number of hydrogen-bond donors (Lipinski definition) is 0. The minimum absolute atomic E-state index is 0.0536. The van der Waals surface area contributed by atoms with Crippen LogP contribution in [0, 0.1) is 5.92 Å². The summed E-state index contributed by atoms with van der Waals surface area (Å²) in [5.41, 5.74) is 3.33. The number of amides is 1. The van der Waals surface area contributed by atoms with Crippen molar-refractivity contribution in [2.24, 2.45) is 5.92 Å². The molecular weight excluding hydrogens is 492 g/mol. The van der Waals surface area contributed by atoms with Gasteiger partial charge in [0.2, 0.25) is 5.91 Å². The maximum absolute atomic E-state index is 12.9. The highest BCUT2D eigenvalue weighted by Gasteiger charge is 2.30. The fourth-order valence-corrected chi connectivity index (χ4v) is 5.89. The average Bonchev–Trinajstić information content (AvgIpc) is 2.97. The number of ether oxygens (including phenoxy) is 1. The first-order valence-corrected chi connectivity index (χ1v) is 13.7. The number of carbonyl (C=O) groups excluding carboxylic acids is 1. The van der Waals surface area contributed by atoms with E-state index in [9.17, 15) is 4.79 Å². The Balaban J connectivity index is 1.32. The molecule has 1 saturated heterocycles. The molecule has 0 unspecified atom stereocenters. The highest BCUT2D eigenvalue weighted by Crippen LogP contribution is 2.34. The van der Waals surface area contributed by atoms with Gasteiger partial charge in [0, 0.05) is 43.0 Å². The molecule has 0 spiro atoms. The van der Waals surface area contributed by atoms with Crippen molar-refractivity contribution in [3.63, 3.8) is 0 Å². The van der Waals surface area contributed by atoms with Gasteiger partial charge in [0.1, 0.15) is 5.75 Å². The summed E-state index contributed by atoms with van der Waals surface area (Å²) >= 11 is 5.68. The molecule has 1 fully saturated rings. The van der Waals surface area contributed by atoms with E-state index in [1.54, 1.807) is 0 Å². The molecule has 6 rings (SSSR count). The highest BCUT2D eigenvalue weighted by molar-refractivity contribution is 7.80. The fraction of sp³-hybridized carbons (Fsp3) is 0.290. The van der Waals surface area contributed by atoms with Gasteiger partial charge in [-0.1, -0.05) is 48.5 Å². The summed E-state index contributed by atoms with van der Waals surface area (Å²) in [5, 5.41) is 4.91. The number of nitrogens with zero attached hydrogens (tertiary/aromatic N) is 4. The lowest BCUT2D eigenvalue weighted by Gasteiger charge is -2.35. The van der Waals surface area contributed by atoms with E-state index < -0.39 is 0 Å². The second-order valence-corrected chi connectivity index (χ2v) is 10.2. The molecule has 1 aliphatic rings. The molecule has 4 aromatic carbocycles. The number of benzene rings is 4. The summed E-state index contributed by atoms with van der Waals surface area (Å²) in [5.74, 6) is 0.774.